The smallest absolute Gasteiger partial charge is 0.248 e. The lowest BCUT2D eigenvalue weighted by Gasteiger charge is -2.20. The van der Waals surface area contributed by atoms with Gasteiger partial charge in [0.15, 0.2) is 0 Å². The van der Waals surface area contributed by atoms with E-state index < -0.39 is 0 Å². The molecule has 0 aliphatic carbocycles. The average molecular weight is 215 g/mol. The van der Waals surface area contributed by atoms with Crippen molar-refractivity contribution in [2.45, 2.75) is 33.1 Å². The Hall–Kier alpha value is -1.57. The van der Waals surface area contributed by atoms with Gasteiger partial charge in [-0.25, -0.2) is 0 Å². The van der Waals surface area contributed by atoms with E-state index in [-0.39, 0.29) is 11.0 Å². The zero-order valence-electron chi connectivity index (χ0n) is 10.2. The summed E-state index contributed by atoms with van der Waals surface area (Å²) in [5, 5.41) is 1.10. The van der Waals surface area contributed by atoms with Crippen LogP contribution in [0.1, 0.15) is 31.9 Å². The van der Waals surface area contributed by atoms with E-state index >= 15 is 0 Å². The number of aryl methyl sites for hydroxylation is 1. The molecule has 2 rings (SSSR count). The second-order valence-corrected chi connectivity index (χ2v) is 5.33. The van der Waals surface area contributed by atoms with Gasteiger partial charge < -0.3 is 4.98 Å². The van der Waals surface area contributed by atoms with Gasteiger partial charge in [0.1, 0.15) is 0 Å². The van der Waals surface area contributed by atoms with Crippen LogP contribution in [0.15, 0.2) is 29.1 Å². The van der Waals surface area contributed by atoms with Gasteiger partial charge in [0.25, 0.3) is 0 Å². The minimum Gasteiger partial charge on any atom is -0.322 e. The van der Waals surface area contributed by atoms with Crippen molar-refractivity contribution in [3.05, 3.63) is 45.7 Å². The number of rotatable bonds is 0. The number of hydrogen-bond acceptors (Lipinski definition) is 1. The molecule has 0 atom stereocenters. The summed E-state index contributed by atoms with van der Waals surface area (Å²) in [6, 6.07) is 7.77. The summed E-state index contributed by atoms with van der Waals surface area (Å²) in [4.78, 5) is 14.1. The van der Waals surface area contributed by atoms with Crippen LogP contribution in [-0.2, 0) is 5.41 Å². The van der Waals surface area contributed by atoms with E-state index in [0.717, 1.165) is 16.5 Å². The Morgan fingerprint density at radius 1 is 1.12 bits per heavy atom. The maximum absolute atomic E-state index is 11.3. The van der Waals surface area contributed by atoms with Crippen LogP contribution in [0.5, 0.6) is 0 Å². The molecule has 1 heterocycles. The van der Waals surface area contributed by atoms with Crippen molar-refractivity contribution in [1.29, 1.82) is 0 Å². The first-order chi connectivity index (χ1) is 7.38. The van der Waals surface area contributed by atoms with E-state index in [1.54, 1.807) is 6.07 Å². The van der Waals surface area contributed by atoms with E-state index in [4.69, 9.17) is 0 Å². The van der Waals surface area contributed by atoms with Crippen LogP contribution in [0.25, 0.3) is 10.9 Å². The number of benzene rings is 1. The van der Waals surface area contributed by atoms with E-state index in [1.807, 2.05) is 13.0 Å². The molecule has 1 aromatic carbocycles. The second kappa shape index (κ2) is 3.48. The fourth-order valence-electron chi connectivity index (χ4n) is 1.88. The largest absolute Gasteiger partial charge is 0.322 e. The molecular weight excluding hydrogens is 198 g/mol. The summed E-state index contributed by atoms with van der Waals surface area (Å²) in [5.74, 6) is 0. The summed E-state index contributed by atoms with van der Waals surface area (Å²) in [7, 11) is 0. The summed E-state index contributed by atoms with van der Waals surface area (Å²) in [6.07, 6.45) is 0. The van der Waals surface area contributed by atoms with Gasteiger partial charge in [0.2, 0.25) is 5.56 Å². The van der Waals surface area contributed by atoms with Gasteiger partial charge >= 0.3 is 0 Å². The first kappa shape index (κ1) is 10.9. The van der Waals surface area contributed by atoms with Gasteiger partial charge in [-0.3, -0.25) is 4.79 Å². The monoisotopic (exact) mass is 215 g/mol. The predicted octanol–water partition coefficient (Wildman–Crippen LogP) is 3.13. The normalized spacial score (nSPS) is 12.0. The van der Waals surface area contributed by atoms with Crippen LogP contribution in [0, 0.1) is 6.92 Å². The fraction of sp³-hybridized carbons (Fsp3) is 0.357. The lowest BCUT2D eigenvalue weighted by atomic mass is 9.85. The van der Waals surface area contributed by atoms with Crippen LogP contribution in [0.2, 0.25) is 0 Å². The van der Waals surface area contributed by atoms with Gasteiger partial charge in [0.05, 0.1) is 5.52 Å². The summed E-state index contributed by atoms with van der Waals surface area (Å²) >= 11 is 0. The van der Waals surface area contributed by atoms with Crippen molar-refractivity contribution in [1.82, 2.24) is 4.98 Å². The number of pyridine rings is 1. The van der Waals surface area contributed by atoms with Crippen LogP contribution in [0.4, 0.5) is 0 Å². The highest BCUT2D eigenvalue weighted by molar-refractivity contribution is 5.82. The van der Waals surface area contributed by atoms with Gasteiger partial charge in [-0.2, -0.15) is 0 Å². The van der Waals surface area contributed by atoms with E-state index in [9.17, 15) is 4.79 Å². The molecule has 2 aromatic rings. The second-order valence-electron chi connectivity index (χ2n) is 5.33. The Bertz CT molecular complexity index is 588. The summed E-state index contributed by atoms with van der Waals surface area (Å²) < 4.78 is 0. The van der Waals surface area contributed by atoms with Gasteiger partial charge in [-0.1, -0.05) is 26.8 Å². The van der Waals surface area contributed by atoms with Crippen molar-refractivity contribution < 1.29 is 0 Å². The summed E-state index contributed by atoms with van der Waals surface area (Å²) in [5.41, 5.74) is 3.46. The van der Waals surface area contributed by atoms with Crippen molar-refractivity contribution in [2.75, 3.05) is 0 Å². The van der Waals surface area contributed by atoms with Gasteiger partial charge in [-0.05, 0) is 41.0 Å². The number of aromatic nitrogens is 1. The van der Waals surface area contributed by atoms with E-state index in [1.165, 1.54) is 5.56 Å². The molecule has 16 heavy (non-hydrogen) atoms. The van der Waals surface area contributed by atoms with Crippen molar-refractivity contribution in [3.8, 4) is 0 Å². The molecule has 0 bridgehead atoms. The Labute approximate surface area is 95.3 Å². The zero-order valence-corrected chi connectivity index (χ0v) is 10.2. The molecular formula is C14H17NO. The SMILES string of the molecule is Cc1cc(C(C)(C)C)cc2ccc(=O)[nH]c12. The first-order valence-electron chi connectivity index (χ1n) is 5.52. The van der Waals surface area contributed by atoms with E-state index in [2.05, 4.69) is 37.9 Å². The molecule has 0 spiro atoms. The summed E-state index contributed by atoms with van der Waals surface area (Å²) in [6.45, 7) is 8.62. The molecule has 2 nitrogen and oxygen atoms in total. The van der Waals surface area contributed by atoms with Crippen LogP contribution < -0.4 is 5.56 Å². The minimum atomic E-state index is -0.0425. The molecule has 0 saturated carbocycles. The number of hydrogen-bond donors (Lipinski definition) is 1. The standard InChI is InChI=1S/C14H17NO/c1-9-7-11(14(2,3)4)8-10-5-6-12(16)15-13(9)10/h5-8H,1-4H3,(H,15,16). The number of fused-ring (bicyclic) bond motifs is 1. The van der Waals surface area contributed by atoms with Crippen molar-refractivity contribution in [2.24, 2.45) is 0 Å². The molecule has 2 heteroatoms. The van der Waals surface area contributed by atoms with Crippen molar-refractivity contribution in [3.63, 3.8) is 0 Å². The molecule has 84 valence electrons. The molecule has 0 unspecified atom stereocenters. The molecule has 1 N–H and O–H groups in total. The third kappa shape index (κ3) is 1.87. The maximum atomic E-state index is 11.3. The van der Waals surface area contributed by atoms with Crippen molar-refractivity contribution >= 4 is 10.9 Å². The third-order valence-electron chi connectivity index (χ3n) is 2.89. The Morgan fingerprint density at radius 3 is 2.44 bits per heavy atom. The molecule has 0 saturated heterocycles. The first-order valence-corrected chi connectivity index (χ1v) is 5.52. The molecule has 0 aliphatic rings. The number of nitrogens with one attached hydrogen (secondary N) is 1. The van der Waals surface area contributed by atoms with Crippen LogP contribution >= 0.6 is 0 Å². The highest BCUT2D eigenvalue weighted by Crippen LogP contribution is 2.27. The molecule has 0 amide bonds. The van der Waals surface area contributed by atoms with E-state index in [0.29, 0.717) is 0 Å². The predicted molar refractivity (Wildman–Crippen MR) is 68.0 cm³/mol. The average Bonchev–Trinajstić information content (AvgIpc) is 2.17. The molecule has 0 fully saturated rings. The fourth-order valence-corrected chi connectivity index (χ4v) is 1.88. The third-order valence-corrected chi connectivity index (χ3v) is 2.89. The Morgan fingerprint density at radius 2 is 1.81 bits per heavy atom. The quantitative estimate of drug-likeness (QED) is 0.719. The number of H-pyrrole nitrogens is 1. The molecule has 0 radical (unpaired) electrons. The van der Waals surface area contributed by atoms with Gasteiger partial charge in [0, 0.05) is 6.07 Å². The minimum absolute atomic E-state index is 0.0425. The Kier molecular flexibility index (Phi) is 2.38. The molecule has 1 aromatic heterocycles. The topological polar surface area (TPSA) is 32.9 Å². The number of aromatic amines is 1. The lowest BCUT2D eigenvalue weighted by molar-refractivity contribution is 0.590. The molecule has 0 aliphatic heterocycles. The van der Waals surface area contributed by atoms with Crippen LogP contribution in [-0.4, -0.2) is 4.98 Å². The van der Waals surface area contributed by atoms with Gasteiger partial charge in [-0.15, -0.1) is 0 Å². The lowest BCUT2D eigenvalue weighted by Crippen LogP contribution is -2.12. The van der Waals surface area contributed by atoms with Crippen LogP contribution in [0.3, 0.4) is 0 Å². The zero-order chi connectivity index (χ0) is 11.9. The maximum Gasteiger partial charge on any atom is 0.248 e. The highest BCUT2D eigenvalue weighted by Gasteiger charge is 2.15. The Balaban J connectivity index is 2.78. The highest BCUT2D eigenvalue weighted by atomic mass is 16.1.